The summed E-state index contributed by atoms with van der Waals surface area (Å²) in [6, 6.07) is 7.62. The zero-order valence-corrected chi connectivity index (χ0v) is 13.3. The van der Waals surface area contributed by atoms with Crippen LogP contribution in [-0.2, 0) is 0 Å². The van der Waals surface area contributed by atoms with Gasteiger partial charge in [-0.3, -0.25) is 9.78 Å². The first-order chi connectivity index (χ1) is 10.7. The minimum atomic E-state index is -0.252. The van der Waals surface area contributed by atoms with Crippen LogP contribution in [0.1, 0.15) is 20.2 Å². The van der Waals surface area contributed by atoms with Crippen molar-refractivity contribution in [3.05, 3.63) is 57.5 Å². The van der Waals surface area contributed by atoms with E-state index in [-0.39, 0.29) is 5.91 Å². The third-order valence-corrected chi connectivity index (χ3v) is 4.82. The second-order valence-electron chi connectivity index (χ2n) is 4.39. The fourth-order valence-corrected chi connectivity index (χ4v) is 3.32. The molecule has 0 saturated carbocycles. The molecule has 0 aliphatic heterocycles. The van der Waals surface area contributed by atoms with Gasteiger partial charge in [-0.05, 0) is 30.5 Å². The number of nitrogens with zero attached hydrogens (tertiary/aromatic N) is 3. The highest BCUT2D eigenvalue weighted by Gasteiger charge is 2.15. The summed E-state index contributed by atoms with van der Waals surface area (Å²) in [5, 5.41) is 6.70. The lowest BCUT2D eigenvalue weighted by atomic mass is 10.3. The number of thiophene rings is 1. The van der Waals surface area contributed by atoms with Gasteiger partial charge in [-0.2, -0.15) is 5.10 Å². The van der Waals surface area contributed by atoms with Crippen LogP contribution >= 0.6 is 22.7 Å². The summed E-state index contributed by atoms with van der Waals surface area (Å²) in [5.41, 5.74) is 4.12. The van der Waals surface area contributed by atoms with Crippen molar-refractivity contribution in [2.75, 3.05) is 0 Å². The summed E-state index contributed by atoms with van der Waals surface area (Å²) in [6.45, 7) is 1.81. The number of hydrazone groups is 1. The molecule has 0 aromatic carbocycles. The summed E-state index contributed by atoms with van der Waals surface area (Å²) in [5.74, 6) is -0.252. The molecule has 0 aliphatic rings. The van der Waals surface area contributed by atoms with Crippen molar-refractivity contribution >= 4 is 34.8 Å². The molecule has 3 rings (SSSR count). The molecule has 7 heteroatoms. The zero-order chi connectivity index (χ0) is 15.4. The van der Waals surface area contributed by atoms with Crippen LogP contribution in [-0.4, -0.2) is 22.1 Å². The van der Waals surface area contributed by atoms with E-state index in [2.05, 4.69) is 20.5 Å². The van der Waals surface area contributed by atoms with Gasteiger partial charge in [0, 0.05) is 22.8 Å². The molecule has 22 heavy (non-hydrogen) atoms. The number of hydrogen-bond donors (Lipinski definition) is 1. The van der Waals surface area contributed by atoms with Crippen LogP contribution < -0.4 is 5.43 Å². The van der Waals surface area contributed by atoms with Crippen LogP contribution in [0, 0.1) is 6.92 Å². The van der Waals surface area contributed by atoms with Crippen LogP contribution in [0.5, 0.6) is 0 Å². The molecule has 110 valence electrons. The molecular weight excluding hydrogens is 316 g/mol. The van der Waals surface area contributed by atoms with Crippen LogP contribution in [0.4, 0.5) is 0 Å². The summed E-state index contributed by atoms with van der Waals surface area (Å²) in [4.78, 5) is 22.2. The lowest BCUT2D eigenvalue weighted by molar-refractivity contribution is 0.0958. The molecule has 0 atom stereocenters. The quantitative estimate of drug-likeness (QED) is 0.590. The van der Waals surface area contributed by atoms with Gasteiger partial charge < -0.3 is 0 Å². The van der Waals surface area contributed by atoms with Gasteiger partial charge >= 0.3 is 0 Å². The highest BCUT2D eigenvalue weighted by molar-refractivity contribution is 7.17. The first-order valence-electron chi connectivity index (χ1n) is 6.49. The lowest BCUT2D eigenvalue weighted by Crippen LogP contribution is -2.17. The number of rotatable bonds is 4. The average molecular weight is 328 g/mol. The fraction of sp³-hybridized carbons (Fsp3) is 0.0667. The average Bonchev–Trinajstić information content (AvgIpc) is 3.17. The van der Waals surface area contributed by atoms with Crippen molar-refractivity contribution in [1.82, 2.24) is 15.4 Å². The first kappa shape index (κ1) is 14.6. The van der Waals surface area contributed by atoms with Crippen molar-refractivity contribution in [3.8, 4) is 10.6 Å². The zero-order valence-electron chi connectivity index (χ0n) is 11.7. The van der Waals surface area contributed by atoms with E-state index in [0.717, 1.165) is 15.4 Å². The van der Waals surface area contributed by atoms with Gasteiger partial charge in [0.2, 0.25) is 0 Å². The van der Waals surface area contributed by atoms with Crippen LogP contribution in [0.3, 0.4) is 0 Å². The van der Waals surface area contributed by atoms with E-state index in [1.807, 2.05) is 36.6 Å². The standard InChI is InChI=1S/C15H12N4OS2/c1-10-13(14(20)19-17-9-12-5-3-7-21-12)22-15(18-10)11-4-2-6-16-8-11/h2-9H,1H3,(H,19,20)/b17-9-. The maximum atomic E-state index is 12.2. The first-order valence-corrected chi connectivity index (χ1v) is 8.18. The van der Waals surface area contributed by atoms with Crippen molar-refractivity contribution in [2.24, 2.45) is 5.10 Å². The molecule has 0 radical (unpaired) electrons. The topological polar surface area (TPSA) is 67.2 Å². The second-order valence-corrected chi connectivity index (χ2v) is 6.37. The van der Waals surface area contributed by atoms with Gasteiger partial charge in [0.25, 0.3) is 5.91 Å². The minimum absolute atomic E-state index is 0.252. The third kappa shape index (κ3) is 3.26. The number of pyridine rings is 1. The Morgan fingerprint density at radius 1 is 1.36 bits per heavy atom. The molecule has 1 amide bonds. The summed E-state index contributed by atoms with van der Waals surface area (Å²) >= 11 is 2.89. The Hall–Kier alpha value is -2.38. The Bertz CT molecular complexity index is 794. The van der Waals surface area contributed by atoms with E-state index in [0.29, 0.717) is 10.6 Å². The largest absolute Gasteiger partial charge is 0.283 e. The Morgan fingerprint density at radius 3 is 3.00 bits per heavy atom. The lowest BCUT2D eigenvalue weighted by Gasteiger charge is -1.96. The van der Waals surface area contributed by atoms with Crippen LogP contribution in [0.25, 0.3) is 10.6 Å². The summed E-state index contributed by atoms with van der Waals surface area (Å²) < 4.78 is 0. The van der Waals surface area contributed by atoms with E-state index in [4.69, 9.17) is 0 Å². The monoisotopic (exact) mass is 328 g/mol. The summed E-state index contributed by atoms with van der Waals surface area (Å²) in [6.07, 6.45) is 5.06. The van der Waals surface area contributed by atoms with Gasteiger partial charge in [0.05, 0.1) is 11.9 Å². The van der Waals surface area contributed by atoms with Gasteiger partial charge in [-0.25, -0.2) is 10.4 Å². The molecule has 0 fully saturated rings. The number of amides is 1. The molecule has 3 heterocycles. The van der Waals surface area contributed by atoms with E-state index in [1.165, 1.54) is 11.3 Å². The van der Waals surface area contributed by atoms with Crippen molar-refractivity contribution in [3.63, 3.8) is 0 Å². The highest BCUT2D eigenvalue weighted by Crippen LogP contribution is 2.27. The molecule has 1 N–H and O–H groups in total. The summed E-state index contributed by atoms with van der Waals surface area (Å²) in [7, 11) is 0. The molecule has 0 aliphatic carbocycles. The third-order valence-electron chi connectivity index (χ3n) is 2.81. The fourth-order valence-electron chi connectivity index (χ4n) is 1.79. The molecule has 0 bridgehead atoms. The molecule has 0 spiro atoms. The minimum Gasteiger partial charge on any atom is -0.266 e. The number of carbonyl (C=O) groups excluding carboxylic acids is 1. The Kier molecular flexibility index (Phi) is 4.36. The SMILES string of the molecule is Cc1nc(-c2cccnc2)sc1C(=O)N/N=C\c1cccs1. The molecule has 3 aromatic rings. The predicted molar refractivity (Wildman–Crippen MR) is 89.5 cm³/mol. The van der Waals surface area contributed by atoms with Gasteiger partial charge in [0.15, 0.2) is 0 Å². The van der Waals surface area contributed by atoms with E-state index < -0.39 is 0 Å². The molecular formula is C15H12N4OS2. The Labute approximate surface area is 135 Å². The second kappa shape index (κ2) is 6.59. The van der Waals surface area contributed by atoms with Crippen LogP contribution in [0.2, 0.25) is 0 Å². The van der Waals surface area contributed by atoms with Crippen molar-refractivity contribution in [2.45, 2.75) is 6.92 Å². The maximum absolute atomic E-state index is 12.2. The smallest absolute Gasteiger partial charge is 0.266 e. The van der Waals surface area contributed by atoms with E-state index in [9.17, 15) is 4.79 Å². The normalized spacial score (nSPS) is 11.0. The highest BCUT2D eigenvalue weighted by atomic mass is 32.1. The molecule has 0 saturated heterocycles. The number of nitrogens with one attached hydrogen (secondary N) is 1. The Morgan fingerprint density at radius 2 is 2.27 bits per heavy atom. The molecule has 0 unspecified atom stereocenters. The van der Waals surface area contributed by atoms with Gasteiger partial charge in [-0.15, -0.1) is 22.7 Å². The van der Waals surface area contributed by atoms with Gasteiger partial charge in [-0.1, -0.05) is 6.07 Å². The van der Waals surface area contributed by atoms with Gasteiger partial charge in [0.1, 0.15) is 9.88 Å². The predicted octanol–water partition coefficient (Wildman–Crippen LogP) is 3.34. The van der Waals surface area contributed by atoms with Crippen molar-refractivity contribution < 1.29 is 4.79 Å². The number of aromatic nitrogens is 2. The Balaban J connectivity index is 1.74. The maximum Gasteiger partial charge on any atom is 0.283 e. The number of thiazole rings is 1. The number of aryl methyl sites for hydroxylation is 1. The molecule has 5 nitrogen and oxygen atoms in total. The van der Waals surface area contributed by atoms with E-state index >= 15 is 0 Å². The van der Waals surface area contributed by atoms with E-state index in [1.54, 1.807) is 29.9 Å². The molecule has 3 aromatic heterocycles. The van der Waals surface area contributed by atoms with Crippen molar-refractivity contribution in [1.29, 1.82) is 0 Å². The number of carbonyl (C=O) groups is 1. The number of hydrogen-bond acceptors (Lipinski definition) is 6. The van der Waals surface area contributed by atoms with Crippen LogP contribution in [0.15, 0.2) is 47.1 Å².